The third kappa shape index (κ3) is 3.88. The van der Waals surface area contributed by atoms with Crippen LogP contribution in [0.5, 0.6) is 5.75 Å². The first-order valence-corrected chi connectivity index (χ1v) is 7.16. The number of rotatable bonds is 4. The normalized spacial score (nSPS) is 17.2. The van der Waals surface area contributed by atoms with Crippen molar-refractivity contribution in [2.45, 2.75) is 26.8 Å². The van der Waals surface area contributed by atoms with Crippen molar-refractivity contribution in [1.82, 2.24) is 10.6 Å². The minimum Gasteiger partial charge on any atom is -0.463 e. The van der Waals surface area contributed by atoms with Gasteiger partial charge in [0.15, 0.2) is 0 Å². The van der Waals surface area contributed by atoms with E-state index < -0.39 is 24.0 Å². The molecule has 0 aliphatic carbocycles. The largest absolute Gasteiger partial charge is 0.463 e. The minimum atomic E-state index is -0.630. The number of carbonyl (C=O) groups is 3. The van der Waals surface area contributed by atoms with Gasteiger partial charge in [-0.05, 0) is 31.5 Å². The second kappa shape index (κ2) is 6.95. The average molecular weight is 318 g/mol. The van der Waals surface area contributed by atoms with Gasteiger partial charge < -0.3 is 20.1 Å². The molecule has 2 rings (SSSR count). The number of benzene rings is 1. The van der Waals surface area contributed by atoms with E-state index in [4.69, 9.17) is 9.47 Å². The van der Waals surface area contributed by atoms with Crippen LogP contribution in [0.3, 0.4) is 0 Å². The topological polar surface area (TPSA) is 93.7 Å². The summed E-state index contributed by atoms with van der Waals surface area (Å²) in [5.41, 5.74) is 1.46. The zero-order valence-corrected chi connectivity index (χ0v) is 13.1. The molecule has 0 bridgehead atoms. The molecule has 1 aromatic carbocycles. The number of carbonyl (C=O) groups excluding carboxylic acids is 3. The van der Waals surface area contributed by atoms with Gasteiger partial charge in [0.25, 0.3) is 0 Å². The van der Waals surface area contributed by atoms with E-state index >= 15 is 0 Å². The zero-order valence-electron chi connectivity index (χ0n) is 13.1. The molecule has 7 heteroatoms. The number of hydrogen-bond acceptors (Lipinski definition) is 5. The summed E-state index contributed by atoms with van der Waals surface area (Å²) in [7, 11) is 0. The summed E-state index contributed by atoms with van der Waals surface area (Å²) in [5, 5.41) is 5.26. The van der Waals surface area contributed by atoms with E-state index in [1.807, 2.05) is 0 Å². The van der Waals surface area contributed by atoms with Crippen molar-refractivity contribution >= 4 is 18.0 Å². The van der Waals surface area contributed by atoms with E-state index in [-0.39, 0.29) is 6.61 Å². The fraction of sp³-hybridized carbons (Fsp3) is 0.312. The van der Waals surface area contributed by atoms with Gasteiger partial charge in [0, 0.05) is 12.6 Å². The van der Waals surface area contributed by atoms with Crippen LogP contribution >= 0.6 is 0 Å². The van der Waals surface area contributed by atoms with Gasteiger partial charge in [-0.25, -0.2) is 9.59 Å². The average Bonchev–Trinajstić information content (AvgIpc) is 2.46. The van der Waals surface area contributed by atoms with Crippen LogP contribution in [-0.2, 0) is 14.3 Å². The van der Waals surface area contributed by atoms with Crippen LogP contribution in [0, 0.1) is 0 Å². The number of urea groups is 1. The van der Waals surface area contributed by atoms with Gasteiger partial charge in [0.1, 0.15) is 5.75 Å². The minimum absolute atomic E-state index is 0.238. The van der Waals surface area contributed by atoms with Crippen molar-refractivity contribution in [2.75, 3.05) is 6.61 Å². The monoisotopic (exact) mass is 318 g/mol. The smallest absolute Gasteiger partial charge is 0.338 e. The molecule has 0 unspecified atom stereocenters. The predicted molar refractivity (Wildman–Crippen MR) is 81.5 cm³/mol. The second-order valence-corrected chi connectivity index (χ2v) is 4.95. The molecule has 2 N–H and O–H groups in total. The van der Waals surface area contributed by atoms with Crippen LogP contribution in [0.25, 0.3) is 0 Å². The molecule has 0 spiro atoms. The molecular weight excluding hydrogens is 300 g/mol. The van der Waals surface area contributed by atoms with Crippen molar-refractivity contribution < 1.29 is 23.9 Å². The Bertz CT molecular complexity index is 664. The third-order valence-electron chi connectivity index (χ3n) is 3.24. The highest BCUT2D eigenvalue weighted by Gasteiger charge is 2.32. The van der Waals surface area contributed by atoms with E-state index in [0.717, 1.165) is 0 Å². The molecule has 0 radical (unpaired) electrons. The molecule has 7 nitrogen and oxygen atoms in total. The van der Waals surface area contributed by atoms with Gasteiger partial charge in [0.2, 0.25) is 0 Å². The van der Waals surface area contributed by atoms with Crippen LogP contribution < -0.4 is 15.4 Å². The van der Waals surface area contributed by atoms with Crippen molar-refractivity contribution in [3.05, 3.63) is 41.1 Å². The number of nitrogens with one attached hydrogen (secondary N) is 2. The van der Waals surface area contributed by atoms with Crippen LogP contribution in [0.2, 0.25) is 0 Å². The Morgan fingerprint density at radius 2 is 1.87 bits per heavy atom. The summed E-state index contributed by atoms with van der Waals surface area (Å²) in [6.07, 6.45) is 0. The summed E-state index contributed by atoms with van der Waals surface area (Å²) in [6.45, 7) is 4.91. The zero-order chi connectivity index (χ0) is 17.0. The van der Waals surface area contributed by atoms with Crippen LogP contribution in [0.15, 0.2) is 35.5 Å². The van der Waals surface area contributed by atoms with E-state index in [1.54, 1.807) is 38.1 Å². The summed E-state index contributed by atoms with van der Waals surface area (Å²) in [4.78, 5) is 34.8. The van der Waals surface area contributed by atoms with Crippen LogP contribution in [0.1, 0.15) is 32.4 Å². The Morgan fingerprint density at radius 3 is 2.43 bits per heavy atom. The first kappa shape index (κ1) is 16.5. The molecule has 0 aromatic heterocycles. The summed E-state index contributed by atoms with van der Waals surface area (Å²) in [5.74, 6) is -0.526. The summed E-state index contributed by atoms with van der Waals surface area (Å²) >= 11 is 0. The van der Waals surface area contributed by atoms with Crippen molar-refractivity contribution in [1.29, 1.82) is 0 Å². The molecule has 0 saturated heterocycles. The number of esters is 2. The van der Waals surface area contributed by atoms with Gasteiger partial charge >= 0.3 is 18.0 Å². The highest BCUT2D eigenvalue weighted by Crippen LogP contribution is 2.28. The Hall–Kier alpha value is -2.83. The van der Waals surface area contributed by atoms with Gasteiger partial charge in [-0.3, -0.25) is 4.79 Å². The molecule has 122 valence electrons. The Kier molecular flexibility index (Phi) is 5.00. The highest BCUT2D eigenvalue weighted by molar-refractivity contribution is 5.95. The van der Waals surface area contributed by atoms with Gasteiger partial charge in [0.05, 0.1) is 18.2 Å². The van der Waals surface area contributed by atoms with E-state index in [2.05, 4.69) is 10.6 Å². The molecule has 1 aliphatic rings. The molecule has 1 atom stereocenters. The van der Waals surface area contributed by atoms with Crippen molar-refractivity contribution in [3.8, 4) is 5.75 Å². The number of ether oxygens (including phenoxy) is 2. The van der Waals surface area contributed by atoms with E-state index in [0.29, 0.717) is 22.6 Å². The lowest BCUT2D eigenvalue weighted by molar-refractivity contribution is -0.139. The maximum Gasteiger partial charge on any atom is 0.338 e. The summed E-state index contributed by atoms with van der Waals surface area (Å²) < 4.78 is 10.0. The fourth-order valence-electron chi connectivity index (χ4n) is 2.32. The lowest BCUT2D eigenvalue weighted by Gasteiger charge is -2.28. The van der Waals surface area contributed by atoms with E-state index in [9.17, 15) is 14.4 Å². The van der Waals surface area contributed by atoms with Crippen molar-refractivity contribution in [3.63, 3.8) is 0 Å². The number of amides is 2. The lowest BCUT2D eigenvalue weighted by atomic mass is 9.95. The van der Waals surface area contributed by atoms with Gasteiger partial charge in [-0.15, -0.1) is 0 Å². The number of hydrogen-bond donors (Lipinski definition) is 2. The Balaban J connectivity index is 2.34. The summed E-state index contributed by atoms with van der Waals surface area (Å²) in [6, 6.07) is 5.53. The lowest BCUT2D eigenvalue weighted by Crippen LogP contribution is -2.45. The maximum atomic E-state index is 12.2. The standard InChI is InChI=1S/C16H18N2O5/c1-4-22-15(20)13-9(2)17-16(21)18-14(13)11-5-7-12(8-6-11)23-10(3)19/h5-8,14H,4H2,1-3H3,(H2,17,18,21)/t14-/m1/s1. The fourth-order valence-corrected chi connectivity index (χ4v) is 2.32. The molecule has 1 heterocycles. The SMILES string of the molecule is CCOC(=O)C1=C(C)NC(=O)N[C@@H]1c1ccc(OC(C)=O)cc1. The Morgan fingerprint density at radius 1 is 1.22 bits per heavy atom. The first-order chi connectivity index (χ1) is 10.9. The predicted octanol–water partition coefficient (Wildman–Crippen LogP) is 1.80. The molecular formula is C16H18N2O5. The Labute approximate surface area is 133 Å². The molecule has 0 saturated carbocycles. The molecule has 1 aliphatic heterocycles. The van der Waals surface area contributed by atoms with Crippen LogP contribution in [-0.4, -0.2) is 24.6 Å². The molecule has 23 heavy (non-hydrogen) atoms. The van der Waals surface area contributed by atoms with Crippen molar-refractivity contribution in [2.24, 2.45) is 0 Å². The van der Waals surface area contributed by atoms with E-state index in [1.165, 1.54) is 6.92 Å². The molecule has 2 amide bonds. The maximum absolute atomic E-state index is 12.2. The molecule has 1 aromatic rings. The highest BCUT2D eigenvalue weighted by atomic mass is 16.5. The quantitative estimate of drug-likeness (QED) is 0.652. The number of allylic oxidation sites excluding steroid dienone is 1. The van der Waals surface area contributed by atoms with Crippen LogP contribution in [0.4, 0.5) is 4.79 Å². The second-order valence-electron chi connectivity index (χ2n) is 4.95. The third-order valence-corrected chi connectivity index (χ3v) is 3.24. The first-order valence-electron chi connectivity index (χ1n) is 7.16. The van der Waals surface area contributed by atoms with Gasteiger partial charge in [-0.2, -0.15) is 0 Å². The van der Waals surface area contributed by atoms with Gasteiger partial charge in [-0.1, -0.05) is 12.1 Å². The molecule has 0 fully saturated rings.